The predicted molar refractivity (Wildman–Crippen MR) is 54.8 cm³/mol. The van der Waals surface area contributed by atoms with Gasteiger partial charge in [-0.2, -0.15) is 9.15 Å². The highest BCUT2D eigenvalue weighted by molar-refractivity contribution is 5.56. The second-order valence-corrected chi connectivity index (χ2v) is 4.09. The maximum atomic E-state index is 2.48. The van der Waals surface area contributed by atoms with Crippen molar-refractivity contribution in [3.05, 3.63) is 12.2 Å². The van der Waals surface area contributed by atoms with Gasteiger partial charge in [-0.25, -0.2) is 0 Å². The Kier molecular flexibility index (Phi) is 2.06. The van der Waals surface area contributed by atoms with Crippen LogP contribution in [0.15, 0.2) is 12.2 Å². The fourth-order valence-corrected chi connectivity index (χ4v) is 2.17. The second kappa shape index (κ2) is 3.09. The summed E-state index contributed by atoms with van der Waals surface area (Å²) >= 11 is 0. The van der Waals surface area contributed by atoms with Gasteiger partial charge in [-0.1, -0.05) is 12.2 Å². The van der Waals surface area contributed by atoms with Gasteiger partial charge in [-0.15, -0.1) is 0 Å². The molecule has 0 aromatic rings. The van der Waals surface area contributed by atoms with E-state index in [2.05, 4.69) is 47.7 Å². The van der Waals surface area contributed by atoms with Crippen LogP contribution in [0.5, 0.6) is 0 Å². The Balaban J connectivity index is 2.42. The number of nitrogens with zero attached hydrogens (tertiary/aromatic N) is 2. The first-order valence-electron chi connectivity index (χ1n) is 5.05. The Morgan fingerprint density at radius 2 is 2.08 bits per heavy atom. The molecule has 2 heteroatoms. The van der Waals surface area contributed by atoms with Crippen LogP contribution in [-0.4, -0.2) is 40.8 Å². The van der Waals surface area contributed by atoms with Crippen molar-refractivity contribution < 1.29 is 9.15 Å². The highest BCUT2D eigenvalue weighted by atomic mass is 15.3. The predicted octanol–water partition coefficient (Wildman–Crippen LogP) is 1.25. The Bertz CT molecular complexity index is 299. The number of allylic oxidation sites excluding steroid dienone is 1. The molecule has 0 aromatic carbocycles. The summed E-state index contributed by atoms with van der Waals surface area (Å²) in [5.41, 5.74) is 0.186. The van der Waals surface area contributed by atoms with Crippen molar-refractivity contribution in [1.82, 2.24) is 0 Å². The van der Waals surface area contributed by atoms with Crippen molar-refractivity contribution >= 4 is 12.4 Å². The zero-order valence-electron chi connectivity index (χ0n) is 8.53. The number of hydrogen-bond acceptors (Lipinski definition) is 0. The van der Waals surface area contributed by atoms with Gasteiger partial charge in [0.25, 0.3) is 0 Å². The Morgan fingerprint density at radius 3 is 2.92 bits per heavy atom. The van der Waals surface area contributed by atoms with E-state index in [1.807, 2.05) is 0 Å². The monoisotopic (exact) mass is 178 g/mol. The zero-order chi connectivity index (χ0) is 9.31. The van der Waals surface area contributed by atoms with Crippen LogP contribution in [0.4, 0.5) is 0 Å². The van der Waals surface area contributed by atoms with E-state index >= 15 is 0 Å². The van der Waals surface area contributed by atoms with Crippen LogP contribution in [0.2, 0.25) is 0 Å². The third kappa shape index (κ3) is 1.34. The van der Waals surface area contributed by atoms with Crippen molar-refractivity contribution in [2.45, 2.75) is 31.8 Å². The Hall–Kier alpha value is -0.920. The first-order chi connectivity index (χ1) is 6.23. The topological polar surface area (TPSA) is 6.02 Å². The molecule has 0 saturated heterocycles. The summed E-state index contributed by atoms with van der Waals surface area (Å²) in [6.45, 7) is 3.48. The molecule has 1 atom stereocenters. The summed E-state index contributed by atoms with van der Waals surface area (Å²) in [6, 6.07) is 0. The first kappa shape index (κ1) is 8.67. The van der Waals surface area contributed by atoms with Gasteiger partial charge in [0, 0.05) is 6.42 Å². The van der Waals surface area contributed by atoms with Crippen molar-refractivity contribution in [2.24, 2.45) is 0 Å². The molecule has 0 radical (unpaired) electrons. The van der Waals surface area contributed by atoms with E-state index in [0.29, 0.717) is 0 Å². The SMILES string of the molecule is C[N+]1=CCC[N+]2=CCC=CC[C@]12C. The lowest BCUT2D eigenvalue weighted by atomic mass is 10.1. The third-order valence-corrected chi connectivity index (χ3v) is 3.28. The molecule has 0 bridgehead atoms. The standard InChI is InChI=1S/C11H18N2/c1-11-7-4-3-5-9-13(11)10-6-8-12(11)2/h3-4,8-9H,5-7,10H2,1-2H3/q+2/t11-/m1/s1. The van der Waals surface area contributed by atoms with E-state index < -0.39 is 0 Å². The molecular formula is C11H18N2+2. The van der Waals surface area contributed by atoms with E-state index in [-0.39, 0.29) is 5.66 Å². The van der Waals surface area contributed by atoms with Gasteiger partial charge >= 0.3 is 5.66 Å². The molecule has 0 aromatic heterocycles. The molecule has 0 fully saturated rings. The lowest BCUT2D eigenvalue weighted by molar-refractivity contribution is -0.818. The summed E-state index contributed by atoms with van der Waals surface area (Å²) in [4.78, 5) is 0. The average Bonchev–Trinajstić information content (AvgIpc) is 2.29. The molecule has 13 heavy (non-hydrogen) atoms. The quantitative estimate of drug-likeness (QED) is 0.389. The minimum Gasteiger partial charge on any atom is -0.180 e. The average molecular weight is 178 g/mol. The van der Waals surface area contributed by atoms with Gasteiger partial charge < -0.3 is 0 Å². The number of fused-ring (bicyclic) bond motifs is 1. The van der Waals surface area contributed by atoms with Crippen molar-refractivity contribution in [3.8, 4) is 0 Å². The molecule has 2 heterocycles. The van der Waals surface area contributed by atoms with E-state index in [9.17, 15) is 0 Å². The van der Waals surface area contributed by atoms with Gasteiger partial charge in [-0.3, -0.25) is 0 Å². The molecule has 0 amide bonds. The molecule has 2 aliphatic rings. The summed E-state index contributed by atoms with van der Waals surface area (Å²) in [6.07, 6.45) is 12.6. The zero-order valence-corrected chi connectivity index (χ0v) is 8.53. The van der Waals surface area contributed by atoms with E-state index in [4.69, 9.17) is 0 Å². The molecule has 70 valence electrons. The van der Waals surface area contributed by atoms with Crippen molar-refractivity contribution in [3.63, 3.8) is 0 Å². The highest BCUT2D eigenvalue weighted by Gasteiger charge is 2.45. The molecule has 0 unspecified atom stereocenters. The molecule has 0 aliphatic carbocycles. The maximum Gasteiger partial charge on any atom is 0.350 e. The van der Waals surface area contributed by atoms with Crippen LogP contribution < -0.4 is 0 Å². The van der Waals surface area contributed by atoms with Gasteiger partial charge in [0.1, 0.15) is 13.3 Å². The summed E-state index contributed by atoms with van der Waals surface area (Å²) in [5.74, 6) is 0. The van der Waals surface area contributed by atoms with Gasteiger partial charge in [-0.05, 0) is 0 Å². The van der Waals surface area contributed by atoms with E-state index in [1.165, 1.54) is 13.0 Å². The molecule has 2 aliphatic heterocycles. The molecule has 0 spiro atoms. The van der Waals surface area contributed by atoms with Crippen LogP contribution in [0.1, 0.15) is 26.2 Å². The largest absolute Gasteiger partial charge is 0.350 e. The van der Waals surface area contributed by atoms with E-state index in [1.54, 1.807) is 0 Å². The number of hydrogen-bond donors (Lipinski definition) is 0. The Morgan fingerprint density at radius 1 is 1.23 bits per heavy atom. The fourth-order valence-electron chi connectivity index (χ4n) is 2.17. The summed E-state index contributed by atoms with van der Waals surface area (Å²) < 4.78 is 4.83. The molecule has 2 nitrogen and oxygen atoms in total. The van der Waals surface area contributed by atoms with Crippen LogP contribution in [-0.2, 0) is 0 Å². The van der Waals surface area contributed by atoms with Crippen LogP contribution in [0, 0.1) is 0 Å². The highest BCUT2D eigenvalue weighted by Crippen LogP contribution is 2.21. The second-order valence-electron chi connectivity index (χ2n) is 4.09. The van der Waals surface area contributed by atoms with Crippen LogP contribution in [0.25, 0.3) is 0 Å². The molecule has 2 rings (SSSR count). The van der Waals surface area contributed by atoms with Gasteiger partial charge in [0.15, 0.2) is 12.8 Å². The smallest absolute Gasteiger partial charge is 0.180 e. The minimum absolute atomic E-state index is 0.186. The van der Waals surface area contributed by atoms with Gasteiger partial charge in [0.05, 0.1) is 19.8 Å². The molecule has 0 N–H and O–H groups in total. The third-order valence-electron chi connectivity index (χ3n) is 3.28. The summed E-state index contributed by atoms with van der Waals surface area (Å²) in [7, 11) is 2.18. The van der Waals surface area contributed by atoms with E-state index in [0.717, 1.165) is 12.8 Å². The van der Waals surface area contributed by atoms with Crippen LogP contribution >= 0.6 is 0 Å². The lowest BCUT2D eigenvalue weighted by Crippen LogP contribution is -2.51. The fraction of sp³-hybridized carbons (Fsp3) is 0.636. The molecular weight excluding hydrogens is 160 g/mol. The summed E-state index contributed by atoms with van der Waals surface area (Å²) in [5, 5.41) is 0. The van der Waals surface area contributed by atoms with Gasteiger partial charge in [0.2, 0.25) is 0 Å². The van der Waals surface area contributed by atoms with Crippen molar-refractivity contribution in [1.29, 1.82) is 0 Å². The minimum atomic E-state index is 0.186. The first-order valence-corrected chi connectivity index (χ1v) is 5.05. The molecule has 0 saturated carbocycles. The number of rotatable bonds is 0. The normalized spacial score (nSPS) is 33.1. The Labute approximate surface area is 79.9 Å². The lowest BCUT2D eigenvalue weighted by Gasteiger charge is -2.24. The maximum absolute atomic E-state index is 2.48. The van der Waals surface area contributed by atoms with Crippen molar-refractivity contribution in [2.75, 3.05) is 13.6 Å². The van der Waals surface area contributed by atoms with Crippen LogP contribution in [0.3, 0.4) is 0 Å².